The van der Waals surface area contributed by atoms with Gasteiger partial charge >= 0.3 is 0 Å². The average molecular weight is 418 g/mol. The molecule has 4 heteroatoms. The monoisotopic (exact) mass is 417 g/mol. The summed E-state index contributed by atoms with van der Waals surface area (Å²) in [4.78, 5) is 7.76. The van der Waals surface area contributed by atoms with Crippen LogP contribution in [0, 0.1) is 0 Å². The van der Waals surface area contributed by atoms with Gasteiger partial charge in [0.05, 0.1) is 10.7 Å². The quantitative estimate of drug-likeness (QED) is 0.558. The van der Waals surface area contributed by atoms with Crippen LogP contribution in [0.15, 0.2) is 42.5 Å². The van der Waals surface area contributed by atoms with E-state index in [9.17, 15) is 0 Å². The lowest BCUT2D eigenvalue weighted by molar-refractivity contribution is 0.159. The number of nitrogens with zero attached hydrogens (tertiary/aromatic N) is 3. The number of imidazole rings is 1. The van der Waals surface area contributed by atoms with Crippen LogP contribution in [0.1, 0.15) is 53.3 Å². The van der Waals surface area contributed by atoms with Gasteiger partial charge in [0.15, 0.2) is 0 Å². The van der Waals surface area contributed by atoms with Gasteiger partial charge in [0.1, 0.15) is 5.82 Å². The maximum absolute atomic E-state index is 6.47. The molecule has 3 nitrogen and oxygen atoms in total. The third-order valence-electron chi connectivity index (χ3n) is 7.43. The summed E-state index contributed by atoms with van der Waals surface area (Å²) in [5.74, 6) is 1.83. The highest BCUT2D eigenvalue weighted by atomic mass is 35.5. The number of halogens is 1. The number of aryl methyl sites for hydroxylation is 1. The molecule has 0 N–H and O–H groups in total. The molecule has 0 saturated heterocycles. The number of benzene rings is 2. The molecule has 1 fully saturated rings. The van der Waals surface area contributed by atoms with E-state index in [4.69, 9.17) is 16.6 Å². The van der Waals surface area contributed by atoms with Crippen molar-refractivity contribution in [1.82, 2.24) is 14.5 Å². The molecule has 3 aromatic rings. The van der Waals surface area contributed by atoms with Gasteiger partial charge in [-0.25, -0.2) is 4.98 Å². The van der Waals surface area contributed by atoms with E-state index in [1.165, 1.54) is 43.5 Å². The van der Waals surface area contributed by atoms with Gasteiger partial charge in [-0.3, -0.25) is 4.90 Å². The lowest BCUT2D eigenvalue weighted by Gasteiger charge is -2.37. The summed E-state index contributed by atoms with van der Waals surface area (Å²) >= 11 is 6.47. The Bertz CT molecular complexity index is 1110. The summed E-state index contributed by atoms with van der Waals surface area (Å²) < 4.78 is 2.26. The van der Waals surface area contributed by atoms with Crippen molar-refractivity contribution in [3.05, 3.63) is 75.6 Å². The number of fused-ring (bicyclic) bond motifs is 2. The Morgan fingerprint density at radius 2 is 1.87 bits per heavy atom. The number of hydrogen-bond donors (Lipinski definition) is 0. The Labute approximate surface area is 183 Å². The first kappa shape index (κ1) is 18.7. The highest BCUT2D eigenvalue weighted by Crippen LogP contribution is 2.44. The van der Waals surface area contributed by atoms with Gasteiger partial charge in [-0.05, 0) is 66.8 Å². The second-order valence-corrected chi connectivity index (χ2v) is 9.65. The molecule has 0 spiro atoms. The molecule has 2 heterocycles. The molecule has 6 rings (SSSR count). The SMILES string of the molecule is Cn1c(-c2ccccc2Cl)nc2c1CCN(C1CCc3cccc(C4CC4)c3C1)C2. The summed E-state index contributed by atoms with van der Waals surface area (Å²) in [5.41, 5.74) is 8.56. The van der Waals surface area contributed by atoms with Crippen molar-refractivity contribution >= 4 is 11.6 Å². The van der Waals surface area contributed by atoms with Gasteiger partial charge in [0, 0.05) is 43.9 Å². The molecule has 0 bridgehead atoms. The zero-order valence-corrected chi connectivity index (χ0v) is 18.3. The smallest absolute Gasteiger partial charge is 0.141 e. The number of hydrogen-bond acceptors (Lipinski definition) is 2. The fraction of sp³-hybridized carbons (Fsp3) is 0.423. The van der Waals surface area contributed by atoms with E-state index in [1.54, 1.807) is 16.7 Å². The minimum Gasteiger partial charge on any atom is -0.331 e. The van der Waals surface area contributed by atoms with Crippen LogP contribution in [0.4, 0.5) is 0 Å². The number of rotatable bonds is 3. The molecule has 30 heavy (non-hydrogen) atoms. The second kappa shape index (κ2) is 7.25. The summed E-state index contributed by atoms with van der Waals surface area (Å²) in [6.07, 6.45) is 7.52. The van der Waals surface area contributed by atoms with E-state index >= 15 is 0 Å². The highest BCUT2D eigenvalue weighted by molar-refractivity contribution is 6.33. The molecule has 1 aliphatic heterocycles. The predicted octanol–water partition coefficient (Wildman–Crippen LogP) is 5.53. The molecule has 0 radical (unpaired) electrons. The van der Waals surface area contributed by atoms with Crippen LogP contribution in [-0.2, 0) is 32.9 Å². The van der Waals surface area contributed by atoms with Crippen LogP contribution in [0.3, 0.4) is 0 Å². The first-order chi connectivity index (χ1) is 14.7. The Morgan fingerprint density at radius 3 is 2.70 bits per heavy atom. The van der Waals surface area contributed by atoms with Crippen LogP contribution in [0.25, 0.3) is 11.4 Å². The van der Waals surface area contributed by atoms with Crippen LogP contribution in [0.2, 0.25) is 5.02 Å². The van der Waals surface area contributed by atoms with Crippen molar-refractivity contribution in [2.24, 2.45) is 7.05 Å². The fourth-order valence-electron chi connectivity index (χ4n) is 5.63. The highest BCUT2D eigenvalue weighted by Gasteiger charge is 2.33. The van der Waals surface area contributed by atoms with Crippen molar-refractivity contribution in [3.63, 3.8) is 0 Å². The molecule has 1 atom stereocenters. The van der Waals surface area contributed by atoms with Gasteiger partial charge in [0.2, 0.25) is 0 Å². The van der Waals surface area contributed by atoms with Crippen molar-refractivity contribution < 1.29 is 0 Å². The van der Waals surface area contributed by atoms with Gasteiger partial charge in [-0.15, -0.1) is 0 Å². The summed E-state index contributed by atoms with van der Waals surface area (Å²) in [6, 6.07) is 15.7. The molecule has 1 saturated carbocycles. The van der Waals surface area contributed by atoms with Crippen LogP contribution < -0.4 is 0 Å². The zero-order chi connectivity index (χ0) is 20.2. The molecule has 2 aliphatic carbocycles. The molecule has 154 valence electrons. The summed E-state index contributed by atoms with van der Waals surface area (Å²) in [7, 11) is 2.14. The average Bonchev–Trinajstić information content (AvgIpc) is 3.57. The van der Waals surface area contributed by atoms with E-state index in [2.05, 4.69) is 40.8 Å². The first-order valence-corrected chi connectivity index (χ1v) is 11.7. The van der Waals surface area contributed by atoms with E-state index in [0.717, 1.165) is 41.8 Å². The standard InChI is InChI=1S/C26H28ClN3/c1-29-25-13-14-30(16-24(25)28-26(29)21-6-2-3-8-23(21)27)19-12-11-17-5-4-7-20(18-9-10-18)22(17)15-19/h2-8,18-19H,9-16H2,1H3. The Hall–Kier alpha value is -2.10. The number of aromatic nitrogens is 2. The van der Waals surface area contributed by atoms with Gasteiger partial charge < -0.3 is 4.57 Å². The Balaban J connectivity index is 1.27. The largest absolute Gasteiger partial charge is 0.331 e. The lowest BCUT2D eigenvalue weighted by atomic mass is 9.83. The molecule has 3 aliphatic rings. The third-order valence-corrected chi connectivity index (χ3v) is 7.76. The zero-order valence-electron chi connectivity index (χ0n) is 17.6. The second-order valence-electron chi connectivity index (χ2n) is 9.24. The predicted molar refractivity (Wildman–Crippen MR) is 122 cm³/mol. The van der Waals surface area contributed by atoms with Crippen LogP contribution in [-0.4, -0.2) is 27.0 Å². The normalized spacial score (nSPS) is 21.3. The van der Waals surface area contributed by atoms with Gasteiger partial charge in [-0.1, -0.05) is 41.9 Å². The molecule has 2 aromatic carbocycles. The topological polar surface area (TPSA) is 21.1 Å². The third kappa shape index (κ3) is 3.11. The molecule has 0 amide bonds. The Morgan fingerprint density at radius 1 is 1.00 bits per heavy atom. The molecular weight excluding hydrogens is 390 g/mol. The minimum atomic E-state index is 0.635. The van der Waals surface area contributed by atoms with Crippen LogP contribution >= 0.6 is 11.6 Å². The van der Waals surface area contributed by atoms with Crippen molar-refractivity contribution in [1.29, 1.82) is 0 Å². The van der Waals surface area contributed by atoms with E-state index in [1.807, 2.05) is 18.2 Å². The van der Waals surface area contributed by atoms with Gasteiger partial charge in [-0.2, -0.15) is 0 Å². The van der Waals surface area contributed by atoms with Crippen molar-refractivity contribution in [2.75, 3.05) is 6.54 Å². The van der Waals surface area contributed by atoms with Crippen molar-refractivity contribution in [2.45, 2.75) is 57.0 Å². The minimum absolute atomic E-state index is 0.635. The summed E-state index contributed by atoms with van der Waals surface area (Å²) in [6.45, 7) is 2.08. The first-order valence-electron chi connectivity index (χ1n) is 11.3. The molecule has 1 unspecified atom stereocenters. The van der Waals surface area contributed by atoms with Crippen LogP contribution in [0.5, 0.6) is 0 Å². The fourth-order valence-corrected chi connectivity index (χ4v) is 5.85. The van der Waals surface area contributed by atoms with E-state index in [0.29, 0.717) is 6.04 Å². The van der Waals surface area contributed by atoms with E-state index in [-0.39, 0.29) is 0 Å². The Kier molecular flexibility index (Phi) is 4.51. The molecule has 1 aromatic heterocycles. The van der Waals surface area contributed by atoms with Gasteiger partial charge in [0.25, 0.3) is 0 Å². The maximum atomic E-state index is 6.47. The lowest BCUT2D eigenvalue weighted by Crippen LogP contribution is -2.42. The van der Waals surface area contributed by atoms with E-state index < -0.39 is 0 Å². The maximum Gasteiger partial charge on any atom is 0.141 e. The van der Waals surface area contributed by atoms with Crippen molar-refractivity contribution in [3.8, 4) is 11.4 Å². The molecular formula is C26H28ClN3. The summed E-state index contributed by atoms with van der Waals surface area (Å²) in [5, 5.41) is 0.774.